The first-order valence-electron chi connectivity index (χ1n) is 10.5. The van der Waals surface area contributed by atoms with Crippen LogP contribution in [0.25, 0.3) is 21.8 Å². The van der Waals surface area contributed by atoms with Crippen LogP contribution in [0.5, 0.6) is 0 Å². The van der Waals surface area contributed by atoms with Crippen molar-refractivity contribution in [3.8, 4) is 0 Å². The summed E-state index contributed by atoms with van der Waals surface area (Å²) in [5.41, 5.74) is 3.47. The van der Waals surface area contributed by atoms with Gasteiger partial charge in [0.05, 0.1) is 11.0 Å². The van der Waals surface area contributed by atoms with E-state index in [0.717, 1.165) is 55.4 Å². The molecule has 0 unspecified atom stereocenters. The first-order valence-corrected chi connectivity index (χ1v) is 10.9. The van der Waals surface area contributed by atoms with Crippen LogP contribution in [0.3, 0.4) is 0 Å². The highest BCUT2D eigenvalue weighted by Gasteiger charge is 2.13. The molecule has 0 amide bonds. The molecule has 0 radical (unpaired) electrons. The average Bonchev–Trinajstić information content (AvgIpc) is 3.07. The molecule has 0 aliphatic carbocycles. The molecule has 0 atom stereocenters. The van der Waals surface area contributed by atoms with Crippen molar-refractivity contribution in [2.45, 2.75) is 33.2 Å². The Morgan fingerprint density at radius 1 is 0.966 bits per heavy atom. The van der Waals surface area contributed by atoms with Crippen molar-refractivity contribution in [2.24, 2.45) is 0 Å². The third-order valence-corrected chi connectivity index (χ3v) is 6.00. The number of imidazole rings is 1. The predicted octanol–water partition coefficient (Wildman–Crippen LogP) is 6.17. The number of hydrogen-bond acceptors (Lipinski definition) is 2. The smallest absolute Gasteiger partial charge is 0.114 e. The second-order valence-electron chi connectivity index (χ2n) is 7.51. The number of nitrogens with zero attached hydrogens (tertiary/aromatic N) is 3. The minimum Gasteiger partial charge on any atom is -0.328 e. The molecule has 0 N–H and O–H groups in total. The third-order valence-electron chi connectivity index (χ3n) is 5.77. The van der Waals surface area contributed by atoms with Crippen molar-refractivity contribution in [1.29, 1.82) is 0 Å². The molecule has 0 spiro atoms. The Morgan fingerprint density at radius 3 is 2.59 bits per heavy atom. The molecule has 1 aromatic heterocycles. The summed E-state index contributed by atoms with van der Waals surface area (Å²) < 4.78 is 2.39. The van der Waals surface area contributed by atoms with E-state index in [1.165, 1.54) is 21.9 Å². The average molecular weight is 406 g/mol. The molecule has 0 aliphatic heterocycles. The van der Waals surface area contributed by atoms with Gasteiger partial charge in [-0.3, -0.25) is 0 Å². The van der Waals surface area contributed by atoms with Gasteiger partial charge in [0.1, 0.15) is 5.82 Å². The van der Waals surface area contributed by atoms with Gasteiger partial charge in [-0.15, -0.1) is 0 Å². The van der Waals surface area contributed by atoms with Gasteiger partial charge in [-0.1, -0.05) is 67.9 Å². The van der Waals surface area contributed by atoms with Crippen molar-refractivity contribution in [3.05, 3.63) is 77.1 Å². The number of hydrogen-bond donors (Lipinski definition) is 0. The Kier molecular flexibility index (Phi) is 6.17. The van der Waals surface area contributed by atoms with Crippen molar-refractivity contribution in [1.82, 2.24) is 14.5 Å². The van der Waals surface area contributed by atoms with Gasteiger partial charge in [0.15, 0.2) is 0 Å². The quantitative estimate of drug-likeness (QED) is 0.349. The van der Waals surface area contributed by atoms with Crippen LogP contribution in [0.15, 0.2) is 60.7 Å². The molecule has 3 aromatic carbocycles. The molecular formula is C25H28ClN3. The van der Waals surface area contributed by atoms with Gasteiger partial charge in [-0.05, 0) is 60.6 Å². The van der Waals surface area contributed by atoms with E-state index in [0.29, 0.717) is 0 Å². The van der Waals surface area contributed by atoms with Gasteiger partial charge in [0.2, 0.25) is 0 Å². The summed E-state index contributed by atoms with van der Waals surface area (Å²) >= 11 is 6.25. The highest BCUT2D eigenvalue weighted by atomic mass is 35.5. The number of fused-ring (bicyclic) bond motifs is 2. The van der Waals surface area contributed by atoms with Gasteiger partial charge in [-0.25, -0.2) is 4.98 Å². The van der Waals surface area contributed by atoms with Gasteiger partial charge < -0.3 is 9.47 Å². The highest BCUT2D eigenvalue weighted by molar-refractivity contribution is 6.31. The second-order valence-corrected chi connectivity index (χ2v) is 7.94. The maximum Gasteiger partial charge on any atom is 0.114 e. The van der Waals surface area contributed by atoms with Crippen molar-refractivity contribution in [3.63, 3.8) is 0 Å². The molecule has 0 saturated heterocycles. The molecular weight excluding hydrogens is 378 g/mol. The van der Waals surface area contributed by atoms with E-state index in [4.69, 9.17) is 16.6 Å². The minimum absolute atomic E-state index is 0.738. The van der Waals surface area contributed by atoms with Gasteiger partial charge in [0.25, 0.3) is 0 Å². The van der Waals surface area contributed by atoms with Crippen molar-refractivity contribution < 1.29 is 0 Å². The van der Waals surface area contributed by atoms with Crippen molar-refractivity contribution >= 4 is 33.4 Å². The first-order chi connectivity index (χ1) is 14.2. The van der Waals surface area contributed by atoms with E-state index in [-0.39, 0.29) is 0 Å². The third kappa shape index (κ3) is 4.31. The maximum absolute atomic E-state index is 6.25. The molecule has 0 fully saturated rings. The summed E-state index contributed by atoms with van der Waals surface area (Å²) in [6.07, 6.45) is 1.93. The lowest BCUT2D eigenvalue weighted by Crippen LogP contribution is -2.25. The molecule has 29 heavy (non-hydrogen) atoms. The largest absolute Gasteiger partial charge is 0.328 e. The lowest BCUT2D eigenvalue weighted by molar-refractivity contribution is 0.293. The molecule has 4 heteroatoms. The lowest BCUT2D eigenvalue weighted by Gasteiger charge is -2.18. The summed E-state index contributed by atoms with van der Waals surface area (Å²) in [5, 5.41) is 3.31. The van der Waals surface area contributed by atoms with Gasteiger partial charge >= 0.3 is 0 Å². The molecule has 1 heterocycles. The SMILES string of the molecule is CCN(CC)CCCn1c(Cc2cccc3ccccc23)nc2cc(Cl)ccc21. The first kappa shape index (κ1) is 19.9. The van der Waals surface area contributed by atoms with E-state index in [2.05, 4.69) is 71.8 Å². The van der Waals surface area contributed by atoms with Crippen LogP contribution in [0.1, 0.15) is 31.7 Å². The molecule has 3 nitrogen and oxygen atoms in total. The Bertz CT molecular complexity index is 1110. The van der Waals surface area contributed by atoms with Gasteiger partial charge in [0, 0.05) is 18.0 Å². The molecule has 4 aromatic rings. The Morgan fingerprint density at radius 2 is 1.76 bits per heavy atom. The minimum atomic E-state index is 0.738. The van der Waals surface area contributed by atoms with E-state index in [1.807, 2.05) is 12.1 Å². The fourth-order valence-electron chi connectivity index (χ4n) is 4.15. The van der Waals surface area contributed by atoms with Crippen LogP contribution in [-0.2, 0) is 13.0 Å². The summed E-state index contributed by atoms with van der Waals surface area (Å²) in [5.74, 6) is 1.11. The number of aromatic nitrogens is 2. The molecule has 150 valence electrons. The Labute approximate surface area is 177 Å². The second kappa shape index (κ2) is 8.98. The molecule has 4 rings (SSSR count). The topological polar surface area (TPSA) is 21.1 Å². The number of halogens is 1. The van der Waals surface area contributed by atoms with E-state index >= 15 is 0 Å². The molecule has 0 saturated carbocycles. The van der Waals surface area contributed by atoms with Crippen LogP contribution in [0, 0.1) is 0 Å². The van der Waals surface area contributed by atoms with Crippen LogP contribution < -0.4 is 0 Å². The van der Waals surface area contributed by atoms with Crippen LogP contribution >= 0.6 is 11.6 Å². The van der Waals surface area contributed by atoms with Crippen LogP contribution in [-0.4, -0.2) is 34.1 Å². The maximum atomic E-state index is 6.25. The van der Waals surface area contributed by atoms with E-state index in [9.17, 15) is 0 Å². The monoisotopic (exact) mass is 405 g/mol. The zero-order valence-corrected chi connectivity index (χ0v) is 18.0. The van der Waals surface area contributed by atoms with E-state index in [1.54, 1.807) is 0 Å². The number of benzene rings is 3. The van der Waals surface area contributed by atoms with Crippen LogP contribution in [0.4, 0.5) is 0 Å². The molecule has 0 aliphatic rings. The Balaban J connectivity index is 1.69. The summed E-state index contributed by atoms with van der Waals surface area (Å²) in [6.45, 7) is 8.72. The molecule has 0 bridgehead atoms. The standard InChI is InChI=1S/C25H28ClN3/c1-3-28(4-2)15-8-16-29-24-14-13-21(26)18-23(24)27-25(29)17-20-11-7-10-19-9-5-6-12-22(19)20/h5-7,9-14,18H,3-4,8,15-17H2,1-2H3. The summed E-state index contributed by atoms with van der Waals surface area (Å²) in [4.78, 5) is 7.45. The number of rotatable bonds is 8. The summed E-state index contributed by atoms with van der Waals surface area (Å²) in [6, 6.07) is 21.2. The fraction of sp³-hybridized carbons (Fsp3) is 0.320. The van der Waals surface area contributed by atoms with E-state index < -0.39 is 0 Å². The number of aryl methyl sites for hydroxylation is 1. The fourth-order valence-corrected chi connectivity index (χ4v) is 4.31. The van der Waals surface area contributed by atoms with Crippen LogP contribution in [0.2, 0.25) is 5.02 Å². The van der Waals surface area contributed by atoms with Gasteiger partial charge in [-0.2, -0.15) is 0 Å². The zero-order valence-electron chi connectivity index (χ0n) is 17.2. The highest BCUT2D eigenvalue weighted by Crippen LogP contribution is 2.25. The zero-order chi connectivity index (χ0) is 20.2. The van der Waals surface area contributed by atoms with Crippen molar-refractivity contribution in [2.75, 3.05) is 19.6 Å². The predicted molar refractivity (Wildman–Crippen MR) is 124 cm³/mol. The lowest BCUT2D eigenvalue weighted by atomic mass is 10.0. The normalized spacial score (nSPS) is 11.7. The summed E-state index contributed by atoms with van der Waals surface area (Å²) in [7, 11) is 0. The Hall–Kier alpha value is -2.36.